The van der Waals surface area contributed by atoms with Gasteiger partial charge >= 0.3 is 11.9 Å². The van der Waals surface area contributed by atoms with Crippen molar-refractivity contribution in [2.75, 3.05) is 16.8 Å². The van der Waals surface area contributed by atoms with E-state index < -0.39 is 17.5 Å². The molecule has 2 N–H and O–H groups in total. The van der Waals surface area contributed by atoms with E-state index in [2.05, 4.69) is 37.3 Å². The van der Waals surface area contributed by atoms with Crippen molar-refractivity contribution in [3.8, 4) is 17.7 Å². The first kappa shape index (κ1) is 26.9. The maximum Gasteiger partial charge on any atom is 0.379 e. The number of carbonyl (C=O) groups excluding carboxylic acids is 1. The van der Waals surface area contributed by atoms with Gasteiger partial charge in [0.25, 0.3) is 0 Å². The Morgan fingerprint density at radius 3 is 2.63 bits per heavy atom. The fourth-order valence-corrected chi connectivity index (χ4v) is 4.44. The lowest BCUT2D eigenvalue weighted by atomic mass is 10.0. The van der Waals surface area contributed by atoms with Gasteiger partial charge in [-0.2, -0.15) is 19.0 Å². The molecule has 12 heteroatoms. The van der Waals surface area contributed by atoms with Crippen LogP contribution < -0.4 is 15.0 Å². The van der Waals surface area contributed by atoms with Gasteiger partial charge in [-0.1, -0.05) is 12.1 Å². The van der Waals surface area contributed by atoms with Crippen molar-refractivity contribution in [2.24, 2.45) is 0 Å². The van der Waals surface area contributed by atoms with E-state index in [1.165, 1.54) is 23.2 Å². The lowest BCUT2D eigenvalue weighted by Gasteiger charge is -2.32. The first-order chi connectivity index (χ1) is 18.0. The van der Waals surface area contributed by atoms with Gasteiger partial charge in [0.2, 0.25) is 17.7 Å². The number of aryl methyl sites for hydroxylation is 2. The van der Waals surface area contributed by atoms with Crippen molar-refractivity contribution >= 4 is 39.4 Å². The minimum absolute atomic E-state index is 0.0446. The number of carbonyl (C=O) groups is 2. The predicted molar refractivity (Wildman–Crippen MR) is 137 cm³/mol. The molecule has 0 bridgehead atoms. The number of alkyl halides is 2. The molecule has 1 saturated heterocycles. The van der Waals surface area contributed by atoms with Crippen molar-refractivity contribution < 1.29 is 28.2 Å². The van der Waals surface area contributed by atoms with Crippen molar-refractivity contribution in [1.29, 1.82) is 5.26 Å². The summed E-state index contributed by atoms with van der Waals surface area (Å²) in [6.45, 7) is 3.88. The summed E-state index contributed by atoms with van der Waals surface area (Å²) in [6.07, 6.45) is 2.03. The molecule has 2 heterocycles. The lowest BCUT2D eigenvalue weighted by Crippen LogP contribution is -2.43. The number of ether oxygens (including phenoxy) is 1. The number of halogens is 3. The molecule has 9 nitrogen and oxygen atoms in total. The summed E-state index contributed by atoms with van der Waals surface area (Å²) in [5.41, 5.74) is 1.57. The number of aliphatic carboxylic acids is 1. The van der Waals surface area contributed by atoms with Crippen LogP contribution in [0.5, 0.6) is 11.6 Å². The van der Waals surface area contributed by atoms with Crippen molar-refractivity contribution in [2.45, 2.75) is 38.7 Å². The summed E-state index contributed by atoms with van der Waals surface area (Å²) in [4.78, 5) is 33.8. The Hall–Kier alpha value is -4.11. The molecule has 0 spiro atoms. The average molecular weight is 586 g/mol. The molecule has 0 aliphatic carbocycles. The van der Waals surface area contributed by atoms with Crippen molar-refractivity contribution in [3.63, 3.8) is 0 Å². The zero-order valence-corrected chi connectivity index (χ0v) is 21.9. The quantitative estimate of drug-likeness (QED) is 0.382. The summed E-state index contributed by atoms with van der Waals surface area (Å²) < 4.78 is 34.4. The van der Waals surface area contributed by atoms with E-state index in [0.717, 1.165) is 23.3 Å². The maximum absolute atomic E-state index is 14.0. The highest BCUT2D eigenvalue weighted by molar-refractivity contribution is 9.10. The Morgan fingerprint density at radius 2 is 2.00 bits per heavy atom. The number of nitrogens with zero attached hydrogens (tertiary/aromatic N) is 4. The lowest BCUT2D eigenvalue weighted by molar-refractivity contribution is -0.166. The third kappa shape index (κ3) is 5.57. The van der Waals surface area contributed by atoms with Gasteiger partial charge in [-0.05, 0) is 71.6 Å². The molecule has 4 rings (SSSR count). The van der Waals surface area contributed by atoms with Gasteiger partial charge in [-0.25, -0.2) is 9.78 Å². The van der Waals surface area contributed by atoms with Crippen LogP contribution in [0.3, 0.4) is 0 Å². The summed E-state index contributed by atoms with van der Waals surface area (Å²) in [7, 11) is 0. The first-order valence-electron chi connectivity index (χ1n) is 11.5. The first-order valence-corrected chi connectivity index (χ1v) is 12.3. The Kier molecular flexibility index (Phi) is 7.59. The predicted octanol–water partition coefficient (Wildman–Crippen LogP) is 5.30. The molecule has 0 radical (unpaired) electrons. The summed E-state index contributed by atoms with van der Waals surface area (Å²) in [5.74, 6) is -5.59. The third-order valence-corrected chi connectivity index (χ3v) is 6.59. The van der Waals surface area contributed by atoms with Crippen LogP contribution >= 0.6 is 15.9 Å². The smallest absolute Gasteiger partial charge is 0.379 e. The fourth-order valence-electron chi connectivity index (χ4n) is 4.17. The summed E-state index contributed by atoms with van der Waals surface area (Å²) in [6, 6.07) is 10.0. The minimum Gasteiger partial charge on any atom is -0.477 e. The van der Waals surface area contributed by atoms with Gasteiger partial charge in [0.05, 0.1) is 22.3 Å². The van der Waals surface area contributed by atoms with E-state index in [4.69, 9.17) is 15.1 Å². The molecular formula is C26H22BrF2N5O4. The van der Waals surface area contributed by atoms with E-state index in [0.29, 0.717) is 22.2 Å². The largest absolute Gasteiger partial charge is 0.477 e. The highest BCUT2D eigenvalue weighted by atomic mass is 79.9. The molecule has 1 amide bonds. The number of amides is 1. The molecular weight excluding hydrogens is 564 g/mol. The van der Waals surface area contributed by atoms with Gasteiger partial charge in [0, 0.05) is 30.3 Å². The Morgan fingerprint density at radius 1 is 1.29 bits per heavy atom. The molecule has 1 aromatic heterocycles. The number of hydrogen-bond acceptors (Lipinski definition) is 7. The monoisotopic (exact) mass is 585 g/mol. The van der Waals surface area contributed by atoms with Gasteiger partial charge in [-0.3, -0.25) is 4.79 Å². The SMILES string of the molecule is Cc1cc(C#N)cc(C)c1Oc1nc(NC2CCN(c3cccc(C(F)(F)C(=O)O)c3)C(=O)C2)ncc1Br. The van der Waals surface area contributed by atoms with Gasteiger partial charge in [-0.15, -0.1) is 0 Å². The van der Waals surface area contributed by atoms with Crippen LogP contribution in [0.25, 0.3) is 0 Å². The number of hydrogen-bond donors (Lipinski definition) is 2. The molecule has 196 valence electrons. The number of nitriles is 1. The standard InChI is InChI=1S/C26H22BrF2N5O4/c1-14-8-16(12-30)9-15(2)22(14)38-23-20(27)13-31-25(33-23)32-18-6-7-34(21(35)11-18)19-5-3-4-17(10-19)26(28,29)24(36)37/h3-5,8-10,13,18H,6-7,11H2,1-2H3,(H,36,37)(H,31,32,33). The van der Waals surface area contributed by atoms with Crippen molar-refractivity contribution in [1.82, 2.24) is 9.97 Å². The van der Waals surface area contributed by atoms with E-state index in [9.17, 15) is 18.4 Å². The second-order valence-corrected chi connectivity index (χ2v) is 9.66. The highest BCUT2D eigenvalue weighted by Crippen LogP contribution is 2.34. The Labute approximate surface area is 225 Å². The van der Waals surface area contributed by atoms with Crippen LogP contribution in [-0.4, -0.2) is 39.5 Å². The van der Waals surface area contributed by atoms with Crippen LogP contribution in [0.15, 0.2) is 47.1 Å². The number of rotatable bonds is 7. The zero-order valence-electron chi connectivity index (χ0n) is 20.3. The van der Waals surface area contributed by atoms with Crippen LogP contribution in [0.2, 0.25) is 0 Å². The van der Waals surface area contributed by atoms with Crippen LogP contribution in [-0.2, 0) is 15.5 Å². The number of piperidine rings is 1. The summed E-state index contributed by atoms with van der Waals surface area (Å²) in [5, 5.41) is 21.1. The number of anilines is 2. The third-order valence-electron chi connectivity index (χ3n) is 6.05. The van der Waals surface area contributed by atoms with E-state index in [1.54, 1.807) is 12.1 Å². The number of nitrogens with one attached hydrogen (secondary N) is 1. The Bertz CT molecular complexity index is 1440. The number of benzene rings is 2. The van der Waals surface area contributed by atoms with Crippen LogP contribution in [0.1, 0.15) is 35.1 Å². The fraction of sp³-hybridized carbons (Fsp3) is 0.269. The Balaban J connectivity index is 1.46. The topological polar surface area (TPSA) is 128 Å². The second kappa shape index (κ2) is 10.7. The normalized spacial score (nSPS) is 15.6. The van der Waals surface area contributed by atoms with Gasteiger partial charge in [0.1, 0.15) is 5.75 Å². The highest BCUT2D eigenvalue weighted by Gasteiger charge is 2.41. The minimum atomic E-state index is -4.06. The molecule has 3 aromatic rings. The molecule has 38 heavy (non-hydrogen) atoms. The molecule has 1 atom stereocenters. The van der Waals surface area contributed by atoms with Gasteiger partial charge < -0.3 is 20.1 Å². The molecule has 1 fully saturated rings. The molecule has 0 saturated carbocycles. The van der Waals surface area contributed by atoms with Crippen molar-refractivity contribution in [3.05, 3.63) is 69.3 Å². The van der Waals surface area contributed by atoms with Gasteiger partial charge in [0.15, 0.2) is 0 Å². The van der Waals surface area contributed by atoms with E-state index in [1.807, 2.05) is 13.8 Å². The average Bonchev–Trinajstić information content (AvgIpc) is 2.87. The van der Waals surface area contributed by atoms with Crippen LogP contribution in [0, 0.1) is 25.2 Å². The second-order valence-electron chi connectivity index (χ2n) is 8.81. The maximum atomic E-state index is 14.0. The molecule has 1 aliphatic rings. The number of carboxylic acid groups (broad SMARTS) is 1. The number of aromatic nitrogens is 2. The molecule has 1 aliphatic heterocycles. The van der Waals surface area contributed by atoms with Crippen LogP contribution in [0.4, 0.5) is 20.4 Å². The van der Waals surface area contributed by atoms with E-state index in [-0.39, 0.29) is 42.4 Å². The number of carboxylic acids is 1. The molecule has 2 aromatic carbocycles. The summed E-state index contributed by atoms with van der Waals surface area (Å²) >= 11 is 3.38. The molecule has 1 unspecified atom stereocenters. The van der Waals surface area contributed by atoms with E-state index >= 15 is 0 Å². The zero-order chi connectivity index (χ0) is 27.6.